The highest BCUT2D eigenvalue weighted by molar-refractivity contribution is 8.00. The molecule has 168 valence electrons. The highest BCUT2D eigenvalue weighted by Crippen LogP contribution is 2.31. The molecule has 0 radical (unpaired) electrons. The Kier molecular flexibility index (Phi) is 8.54. The Labute approximate surface area is 184 Å². The van der Waals surface area contributed by atoms with Gasteiger partial charge in [0.2, 0.25) is 20.0 Å². The van der Waals surface area contributed by atoms with Gasteiger partial charge >= 0.3 is 0 Å². The molecule has 0 unspecified atom stereocenters. The van der Waals surface area contributed by atoms with Crippen molar-refractivity contribution in [1.82, 2.24) is 0 Å². The second-order valence-electron chi connectivity index (χ2n) is 8.68. The number of nitrogens with two attached hydrogens (primary N) is 2. The van der Waals surface area contributed by atoms with E-state index in [0.29, 0.717) is 0 Å². The van der Waals surface area contributed by atoms with Gasteiger partial charge in [-0.1, -0.05) is 20.8 Å². The lowest BCUT2D eigenvalue weighted by Crippen LogP contribution is -2.26. The van der Waals surface area contributed by atoms with Crippen LogP contribution in [-0.2, 0) is 20.0 Å². The van der Waals surface area contributed by atoms with E-state index in [1.807, 2.05) is 20.8 Å². The summed E-state index contributed by atoms with van der Waals surface area (Å²) in [6, 6.07) is 13.0. The first-order valence-electron chi connectivity index (χ1n) is 9.10. The van der Waals surface area contributed by atoms with Crippen molar-refractivity contribution in [3.63, 3.8) is 0 Å². The molecule has 0 spiro atoms. The van der Waals surface area contributed by atoms with Gasteiger partial charge in [-0.3, -0.25) is 0 Å². The summed E-state index contributed by atoms with van der Waals surface area (Å²) in [5, 5.41) is 13.2. The largest absolute Gasteiger partial charge is 0.380 e. The van der Waals surface area contributed by atoms with Crippen LogP contribution in [0.1, 0.15) is 41.5 Å². The normalized spacial score (nSPS) is 12.7. The van der Waals surface area contributed by atoms with Gasteiger partial charge in [-0.05, 0) is 69.3 Å². The van der Waals surface area contributed by atoms with Gasteiger partial charge in [-0.25, -0.2) is 27.1 Å². The van der Waals surface area contributed by atoms with E-state index in [-0.39, 0.29) is 20.1 Å². The van der Waals surface area contributed by atoms with E-state index in [2.05, 4.69) is 26.1 Å². The number of nitrogens with one attached hydrogen (secondary N) is 1. The predicted octanol–water partition coefficient (Wildman–Crippen LogP) is 3.77. The summed E-state index contributed by atoms with van der Waals surface area (Å²) >= 11 is 1.68. The van der Waals surface area contributed by atoms with E-state index in [1.165, 1.54) is 24.3 Å². The van der Waals surface area contributed by atoms with Crippen LogP contribution in [0.25, 0.3) is 0 Å². The molecule has 0 aliphatic carbocycles. The minimum absolute atomic E-state index is 0.0525. The van der Waals surface area contributed by atoms with Gasteiger partial charge in [0.25, 0.3) is 0 Å². The number of primary sulfonamides is 2. The number of benzene rings is 2. The first kappa shape index (κ1) is 26.4. The number of hydrogen-bond acceptors (Lipinski definition) is 6. The molecular weight excluding hydrogens is 442 g/mol. The van der Waals surface area contributed by atoms with Crippen LogP contribution >= 0.6 is 11.8 Å². The predicted molar refractivity (Wildman–Crippen MR) is 125 cm³/mol. The second kappa shape index (κ2) is 9.69. The quantitative estimate of drug-likeness (QED) is 0.579. The minimum atomic E-state index is -3.59. The molecule has 0 heterocycles. The Morgan fingerprint density at radius 1 is 0.700 bits per heavy atom. The molecule has 7 nitrogen and oxygen atoms in total. The summed E-state index contributed by atoms with van der Waals surface area (Å²) in [4.78, 5) is 1.32. The Balaban J connectivity index is 0.000000300. The van der Waals surface area contributed by atoms with Crippen molar-refractivity contribution in [2.24, 2.45) is 10.3 Å². The fourth-order valence-electron chi connectivity index (χ4n) is 2.21. The van der Waals surface area contributed by atoms with Gasteiger partial charge in [-0.2, -0.15) is 0 Å². The SMILES string of the molecule is CC(C)(C)Nc1ccc(S(N)(=O)=O)cc1.CC(C)(C)Sc1ccc(S(N)(=O)=O)cc1. The lowest BCUT2D eigenvalue weighted by molar-refractivity contribution is 0.596. The van der Waals surface area contributed by atoms with Gasteiger partial charge in [0, 0.05) is 20.9 Å². The molecule has 0 saturated carbocycles. The highest BCUT2D eigenvalue weighted by Gasteiger charge is 2.13. The first-order valence-corrected chi connectivity index (χ1v) is 13.0. The molecule has 5 N–H and O–H groups in total. The molecular formula is C20H31N3O4S3. The molecule has 2 rings (SSSR count). The molecule has 0 saturated heterocycles. The number of thioether (sulfide) groups is 1. The zero-order valence-electron chi connectivity index (χ0n) is 18.1. The molecule has 2 aromatic rings. The molecule has 30 heavy (non-hydrogen) atoms. The number of rotatable bonds is 4. The zero-order valence-corrected chi connectivity index (χ0v) is 20.6. The van der Waals surface area contributed by atoms with Gasteiger partial charge in [0.05, 0.1) is 9.79 Å². The maximum Gasteiger partial charge on any atom is 0.238 e. The maximum atomic E-state index is 11.0. The summed E-state index contributed by atoms with van der Waals surface area (Å²) < 4.78 is 44.1. The summed E-state index contributed by atoms with van der Waals surface area (Å²) in [5.41, 5.74) is 0.818. The van der Waals surface area contributed by atoms with Crippen LogP contribution in [0.5, 0.6) is 0 Å². The number of sulfonamides is 2. The third kappa shape index (κ3) is 10.4. The van der Waals surface area contributed by atoms with E-state index in [4.69, 9.17) is 10.3 Å². The lowest BCUT2D eigenvalue weighted by atomic mass is 10.1. The van der Waals surface area contributed by atoms with E-state index >= 15 is 0 Å². The van der Waals surface area contributed by atoms with Crippen molar-refractivity contribution in [2.45, 2.75) is 66.5 Å². The van der Waals surface area contributed by atoms with E-state index in [9.17, 15) is 16.8 Å². The second-order valence-corrected chi connectivity index (χ2v) is 13.7. The molecule has 2 aromatic carbocycles. The summed E-state index contributed by atoms with van der Waals surface area (Å²) in [6.07, 6.45) is 0. The van der Waals surface area contributed by atoms with E-state index < -0.39 is 20.0 Å². The number of hydrogen-bond donors (Lipinski definition) is 3. The standard InChI is InChI=1S/C10H16N2O2S.C10H15NO2S2/c1-10(2,3)12-8-4-6-9(7-5-8)15(11,13)14;1-10(2,3)14-8-4-6-9(7-5-8)15(11,12)13/h4-7,12H,1-3H3,(H2,11,13,14);4-7H,1-3H3,(H2,11,12,13). The summed E-state index contributed by atoms with van der Waals surface area (Å²) in [7, 11) is -7.16. The Bertz CT molecular complexity index is 947. The van der Waals surface area contributed by atoms with Crippen molar-refractivity contribution in [2.75, 3.05) is 5.32 Å². The van der Waals surface area contributed by atoms with Crippen molar-refractivity contribution in [3.05, 3.63) is 48.5 Å². The Hall–Kier alpha value is -1.59. The smallest absolute Gasteiger partial charge is 0.238 e. The molecule has 0 fully saturated rings. The first-order chi connectivity index (χ1) is 13.4. The molecule has 0 amide bonds. The fourth-order valence-corrected chi connectivity index (χ4v) is 4.22. The molecule has 0 aliphatic rings. The van der Waals surface area contributed by atoms with Crippen LogP contribution in [0.4, 0.5) is 5.69 Å². The van der Waals surface area contributed by atoms with Gasteiger partial charge < -0.3 is 5.32 Å². The Morgan fingerprint density at radius 2 is 1.07 bits per heavy atom. The average Bonchev–Trinajstić information content (AvgIpc) is 2.51. The van der Waals surface area contributed by atoms with E-state index in [1.54, 1.807) is 36.0 Å². The Morgan fingerprint density at radius 3 is 1.37 bits per heavy atom. The van der Waals surface area contributed by atoms with Crippen LogP contribution in [0.15, 0.2) is 63.2 Å². The van der Waals surface area contributed by atoms with Crippen molar-refractivity contribution < 1.29 is 16.8 Å². The molecule has 0 aromatic heterocycles. The fraction of sp³-hybridized carbons (Fsp3) is 0.400. The maximum absolute atomic E-state index is 11.0. The van der Waals surface area contributed by atoms with Crippen LogP contribution in [0.2, 0.25) is 0 Å². The highest BCUT2D eigenvalue weighted by atomic mass is 32.2. The van der Waals surface area contributed by atoms with Crippen LogP contribution in [0, 0.1) is 0 Å². The topological polar surface area (TPSA) is 132 Å². The lowest BCUT2D eigenvalue weighted by Gasteiger charge is -2.22. The molecule has 0 aliphatic heterocycles. The zero-order chi connectivity index (χ0) is 23.4. The van der Waals surface area contributed by atoms with Gasteiger partial charge in [-0.15, -0.1) is 11.8 Å². The van der Waals surface area contributed by atoms with Crippen LogP contribution in [-0.4, -0.2) is 27.1 Å². The molecule has 0 bridgehead atoms. The van der Waals surface area contributed by atoms with E-state index in [0.717, 1.165) is 10.6 Å². The third-order valence-electron chi connectivity index (χ3n) is 3.28. The molecule has 0 atom stereocenters. The third-order valence-corrected chi connectivity index (χ3v) is 6.26. The summed E-state index contributed by atoms with van der Waals surface area (Å²) in [5.74, 6) is 0. The number of anilines is 1. The van der Waals surface area contributed by atoms with Crippen LogP contribution < -0.4 is 15.6 Å². The van der Waals surface area contributed by atoms with Gasteiger partial charge in [0.1, 0.15) is 0 Å². The van der Waals surface area contributed by atoms with Crippen LogP contribution in [0.3, 0.4) is 0 Å². The molecule has 10 heteroatoms. The van der Waals surface area contributed by atoms with Crippen molar-refractivity contribution in [1.29, 1.82) is 0 Å². The van der Waals surface area contributed by atoms with Crippen molar-refractivity contribution in [3.8, 4) is 0 Å². The minimum Gasteiger partial charge on any atom is -0.380 e. The summed E-state index contributed by atoms with van der Waals surface area (Å²) in [6.45, 7) is 12.4. The average molecular weight is 474 g/mol. The van der Waals surface area contributed by atoms with Crippen molar-refractivity contribution >= 4 is 37.5 Å². The monoisotopic (exact) mass is 473 g/mol. The van der Waals surface area contributed by atoms with Gasteiger partial charge in [0.15, 0.2) is 0 Å².